The Morgan fingerprint density at radius 1 is 1.16 bits per heavy atom. The number of pyridine rings is 1. The summed E-state index contributed by atoms with van der Waals surface area (Å²) in [6, 6.07) is 13.1. The molecule has 19 heavy (non-hydrogen) atoms. The van der Waals surface area contributed by atoms with E-state index in [4.69, 9.17) is 11.6 Å². The van der Waals surface area contributed by atoms with Crippen LogP contribution in [0.5, 0.6) is 0 Å². The predicted octanol–water partition coefficient (Wildman–Crippen LogP) is 4.23. The van der Waals surface area contributed by atoms with E-state index in [-0.39, 0.29) is 0 Å². The Bertz CT molecular complexity index is 582. The monoisotopic (exact) mass is 276 g/mol. The van der Waals surface area contributed by atoms with Crippen molar-refractivity contribution in [2.75, 3.05) is 5.32 Å². The van der Waals surface area contributed by atoms with Crippen LogP contribution in [0, 0.1) is 5.95 Å². The van der Waals surface area contributed by atoms with Crippen molar-refractivity contribution in [3.63, 3.8) is 0 Å². The molecule has 0 unspecified atom stereocenters. The van der Waals surface area contributed by atoms with Crippen LogP contribution in [0.15, 0.2) is 42.5 Å². The second-order valence-corrected chi connectivity index (χ2v) is 5.35. The average molecular weight is 277 g/mol. The molecule has 0 radical (unpaired) electrons. The Morgan fingerprint density at radius 2 is 1.95 bits per heavy atom. The molecule has 0 amide bonds. The van der Waals surface area contributed by atoms with E-state index in [2.05, 4.69) is 16.4 Å². The minimum atomic E-state index is -0.448. The highest BCUT2D eigenvalue weighted by Gasteiger charge is 2.30. The second-order valence-electron chi connectivity index (χ2n) is 4.91. The number of aromatic nitrogens is 1. The number of benzene rings is 1. The summed E-state index contributed by atoms with van der Waals surface area (Å²) >= 11 is 5.99. The molecule has 0 bridgehead atoms. The van der Waals surface area contributed by atoms with Gasteiger partial charge in [0.25, 0.3) is 0 Å². The van der Waals surface area contributed by atoms with E-state index in [1.165, 1.54) is 11.6 Å². The van der Waals surface area contributed by atoms with Gasteiger partial charge in [-0.15, -0.1) is 0 Å². The predicted molar refractivity (Wildman–Crippen MR) is 75.0 cm³/mol. The first kappa shape index (κ1) is 12.4. The summed E-state index contributed by atoms with van der Waals surface area (Å²) in [5.41, 5.74) is 1.28. The van der Waals surface area contributed by atoms with Crippen molar-refractivity contribution in [3.8, 4) is 0 Å². The van der Waals surface area contributed by atoms with Gasteiger partial charge in [0.15, 0.2) is 0 Å². The molecule has 1 aromatic heterocycles. The zero-order valence-electron chi connectivity index (χ0n) is 10.3. The minimum Gasteiger partial charge on any atom is -0.367 e. The van der Waals surface area contributed by atoms with Crippen LogP contribution in [0.2, 0.25) is 5.02 Å². The van der Waals surface area contributed by atoms with Crippen molar-refractivity contribution < 1.29 is 4.39 Å². The molecule has 1 aromatic carbocycles. The van der Waals surface area contributed by atoms with Crippen molar-refractivity contribution in [2.24, 2.45) is 0 Å². The van der Waals surface area contributed by atoms with Gasteiger partial charge in [0.1, 0.15) is 5.82 Å². The molecule has 1 N–H and O–H groups in total. The van der Waals surface area contributed by atoms with Gasteiger partial charge in [-0.2, -0.15) is 4.39 Å². The van der Waals surface area contributed by atoms with E-state index in [1.54, 1.807) is 12.1 Å². The molecule has 2 aromatic rings. The molecule has 1 fully saturated rings. The molecule has 0 saturated heterocycles. The minimum absolute atomic E-state index is 0.360. The summed E-state index contributed by atoms with van der Waals surface area (Å²) in [6.45, 7) is 0. The van der Waals surface area contributed by atoms with Crippen molar-refractivity contribution in [2.45, 2.75) is 24.8 Å². The number of anilines is 1. The van der Waals surface area contributed by atoms with Gasteiger partial charge in [0.2, 0.25) is 5.95 Å². The molecule has 0 atom stereocenters. The fraction of sp³-hybridized carbons (Fsp3) is 0.267. The molecule has 4 heteroatoms. The molecule has 98 valence electrons. The topological polar surface area (TPSA) is 24.9 Å². The van der Waals surface area contributed by atoms with Crippen molar-refractivity contribution in [1.82, 2.24) is 4.98 Å². The first-order valence-electron chi connectivity index (χ1n) is 6.35. The molecule has 1 aliphatic rings. The van der Waals surface area contributed by atoms with E-state index in [1.807, 2.05) is 18.2 Å². The summed E-state index contributed by atoms with van der Waals surface area (Å²) in [5.74, 6) is 0.690. The number of nitrogens with zero attached hydrogens (tertiary/aromatic N) is 1. The molecule has 0 aliphatic heterocycles. The molecule has 3 rings (SSSR count). The maximum atomic E-state index is 13.0. The zero-order chi connectivity index (χ0) is 13.2. The highest BCUT2D eigenvalue weighted by atomic mass is 35.5. The molecule has 0 spiro atoms. The van der Waals surface area contributed by atoms with Crippen LogP contribution in [0.25, 0.3) is 0 Å². The Labute approximate surface area is 116 Å². The summed E-state index contributed by atoms with van der Waals surface area (Å²) in [4.78, 5) is 3.81. The maximum absolute atomic E-state index is 13.0. The van der Waals surface area contributed by atoms with Crippen LogP contribution in [0.1, 0.15) is 24.3 Å². The number of hydrogen-bond donors (Lipinski definition) is 1. The molecular weight excluding hydrogens is 263 g/mol. The van der Waals surface area contributed by atoms with Crippen molar-refractivity contribution in [1.29, 1.82) is 0 Å². The third kappa shape index (κ3) is 2.87. The van der Waals surface area contributed by atoms with E-state index in [0.717, 1.165) is 17.9 Å². The Hall–Kier alpha value is -1.61. The van der Waals surface area contributed by atoms with E-state index in [0.29, 0.717) is 17.8 Å². The zero-order valence-corrected chi connectivity index (χ0v) is 11.1. The lowest BCUT2D eigenvalue weighted by atomic mass is 9.76. The molecule has 1 heterocycles. The second kappa shape index (κ2) is 5.17. The molecule has 1 aliphatic carbocycles. The van der Waals surface area contributed by atoms with Crippen molar-refractivity contribution >= 4 is 17.4 Å². The number of hydrogen-bond acceptors (Lipinski definition) is 2. The van der Waals surface area contributed by atoms with Crippen LogP contribution in [-0.4, -0.2) is 11.0 Å². The molecular formula is C15H14ClFN2. The van der Waals surface area contributed by atoms with Gasteiger partial charge in [0, 0.05) is 11.1 Å². The van der Waals surface area contributed by atoms with Crippen molar-refractivity contribution in [3.05, 3.63) is 59.0 Å². The van der Waals surface area contributed by atoms with Crippen LogP contribution in [0.3, 0.4) is 0 Å². The Kier molecular flexibility index (Phi) is 3.38. The van der Waals surface area contributed by atoms with Gasteiger partial charge in [-0.1, -0.05) is 29.8 Å². The third-order valence-corrected chi connectivity index (χ3v) is 3.76. The first-order chi connectivity index (χ1) is 9.20. The highest BCUT2D eigenvalue weighted by molar-refractivity contribution is 6.30. The standard InChI is InChI=1S/C15H14ClFN2/c16-12-4-1-3-10(7-12)11-8-13(9-11)18-15-6-2-5-14(17)19-15/h1-7,11,13H,8-9H2,(H,18,19). The fourth-order valence-corrected chi connectivity index (χ4v) is 2.66. The van der Waals surface area contributed by atoms with Gasteiger partial charge in [-0.05, 0) is 48.6 Å². The van der Waals surface area contributed by atoms with Gasteiger partial charge in [-0.25, -0.2) is 4.98 Å². The van der Waals surface area contributed by atoms with Gasteiger partial charge < -0.3 is 5.32 Å². The first-order valence-corrected chi connectivity index (χ1v) is 6.73. The van der Waals surface area contributed by atoms with Crippen LogP contribution < -0.4 is 5.32 Å². The van der Waals surface area contributed by atoms with Crippen LogP contribution in [-0.2, 0) is 0 Å². The van der Waals surface area contributed by atoms with E-state index >= 15 is 0 Å². The van der Waals surface area contributed by atoms with E-state index in [9.17, 15) is 4.39 Å². The lowest BCUT2D eigenvalue weighted by Crippen LogP contribution is -2.34. The normalized spacial score (nSPS) is 21.8. The SMILES string of the molecule is Fc1cccc(NC2CC(c3cccc(Cl)c3)C2)n1. The number of halogens is 2. The Morgan fingerprint density at radius 3 is 2.68 bits per heavy atom. The maximum Gasteiger partial charge on any atom is 0.214 e. The lowest BCUT2D eigenvalue weighted by molar-refractivity contribution is 0.373. The summed E-state index contributed by atoms with van der Waals surface area (Å²) in [7, 11) is 0. The smallest absolute Gasteiger partial charge is 0.214 e. The Balaban J connectivity index is 1.58. The third-order valence-electron chi connectivity index (χ3n) is 3.53. The van der Waals surface area contributed by atoms with E-state index < -0.39 is 5.95 Å². The van der Waals surface area contributed by atoms with Gasteiger partial charge in [0.05, 0.1) is 0 Å². The van der Waals surface area contributed by atoms with Crippen LogP contribution >= 0.6 is 11.6 Å². The van der Waals surface area contributed by atoms with Gasteiger partial charge >= 0.3 is 0 Å². The molecule has 1 saturated carbocycles. The quantitative estimate of drug-likeness (QED) is 0.849. The number of nitrogens with one attached hydrogen (secondary N) is 1. The lowest BCUT2D eigenvalue weighted by Gasteiger charge is -2.36. The largest absolute Gasteiger partial charge is 0.367 e. The average Bonchev–Trinajstić information content (AvgIpc) is 2.33. The summed E-state index contributed by atoms with van der Waals surface area (Å²) in [5, 5.41) is 4.03. The number of rotatable bonds is 3. The summed E-state index contributed by atoms with van der Waals surface area (Å²) in [6.07, 6.45) is 2.05. The van der Waals surface area contributed by atoms with Gasteiger partial charge in [-0.3, -0.25) is 0 Å². The molecule has 2 nitrogen and oxygen atoms in total. The van der Waals surface area contributed by atoms with Crippen LogP contribution in [0.4, 0.5) is 10.2 Å². The summed E-state index contributed by atoms with van der Waals surface area (Å²) < 4.78 is 13.0. The highest BCUT2D eigenvalue weighted by Crippen LogP contribution is 2.38. The fourth-order valence-electron chi connectivity index (χ4n) is 2.47.